The Hall–Kier alpha value is -0.130. The van der Waals surface area contributed by atoms with E-state index in [2.05, 4.69) is 17.1 Å². The van der Waals surface area contributed by atoms with Crippen molar-refractivity contribution in [2.75, 3.05) is 31.6 Å². The van der Waals surface area contributed by atoms with Gasteiger partial charge >= 0.3 is 0 Å². The maximum absolute atomic E-state index is 11.5. The lowest BCUT2D eigenvalue weighted by Crippen LogP contribution is -2.50. The van der Waals surface area contributed by atoms with Crippen molar-refractivity contribution >= 4 is 9.84 Å². The number of hydrogen-bond acceptors (Lipinski definition) is 4. The summed E-state index contributed by atoms with van der Waals surface area (Å²) in [4.78, 5) is 2.47. The average molecular weight is 276 g/mol. The van der Waals surface area contributed by atoms with Crippen molar-refractivity contribution in [2.24, 2.45) is 0 Å². The molecular weight excluding hydrogens is 248 g/mol. The Morgan fingerprint density at radius 1 is 1.39 bits per heavy atom. The summed E-state index contributed by atoms with van der Waals surface area (Å²) in [5.41, 5.74) is 0. The highest BCUT2D eigenvalue weighted by Crippen LogP contribution is 2.20. The molecule has 108 valence electrons. The van der Waals surface area contributed by atoms with Crippen molar-refractivity contribution in [2.45, 2.75) is 51.6 Å². The Bertz CT molecular complexity index is 330. The first-order valence-corrected chi connectivity index (χ1v) is 8.94. The third-order valence-corrected chi connectivity index (χ3v) is 5.83. The van der Waals surface area contributed by atoms with Crippen LogP contribution >= 0.6 is 0 Å². The number of nitrogens with zero attached hydrogens (tertiary/aromatic N) is 1. The Labute approximate surface area is 112 Å². The highest BCUT2D eigenvalue weighted by molar-refractivity contribution is 7.91. The van der Waals surface area contributed by atoms with Gasteiger partial charge in [-0.15, -0.1) is 0 Å². The van der Waals surface area contributed by atoms with Crippen LogP contribution in [0.2, 0.25) is 0 Å². The zero-order valence-corrected chi connectivity index (χ0v) is 12.8. The standard InChI is InChI=1S/C13H28N2O2S/c1-4-18(16,17)11-7-10-15-9-6-5-8-13(15)12(2)14-3/h12-14H,4-11H2,1-3H3. The van der Waals surface area contributed by atoms with Gasteiger partial charge in [-0.1, -0.05) is 13.3 Å². The van der Waals surface area contributed by atoms with Gasteiger partial charge in [-0.2, -0.15) is 0 Å². The zero-order valence-electron chi connectivity index (χ0n) is 12.0. The van der Waals surface area contributed by atoms with E-state index in [1.807, 2.05) is 7.05 Å². The summed E-state index contributed by atoms with van der Waals surface area (Å²) in [5, 5.41) is 3.32. The molecule has 5 heteroatoms. The Balaban J connectivity index is 2.43. The molecule has 1 fully saturated rings. The molecule has 1 aliphatic heterocycles. The van der Waals surface area contributed by atoms with Gasteiger partial charge in [0.1, 0.15) is 9.84 Å². The second kappa shape index (κ2) is 7.46. The van der Waals surface area contributed by atoms with Crippen molar-refractivity contribution in [3.8, 4) is 0 Å². The topological polar surface area (TPSA) is 49.4 Å². The first kappa shape index (κ1) is 15.9. The summed E-state index contributed by atoms with van der Waals surface area (Å²) in [6.07, 6.45) is 4.53. The first-order valence-electron chi connectivity index (χ1n) is 7.12. The van der Waals surface area contributed by atoms with E-state index in [-0.39, 0.29) is 5.75 Å². The van der Waals surface area contributed by atoms with Crippen LogP contribution in [0.1, 0.15) is 39.5 Å². The van der Waals surface area contributed by atoms with E-state index < -0.39 is 9.84 Å². The maximum atomic E-state index is 11.5. The number of hydrogen-bond donors (Lipinski definition) is 1. The van der Waals surface area contributed by atoms with E-state index in [9.17, 15) is 8.42 Å². The average Bonchev–Trinajstić information content (AvgIpc) is 2.38. The first-order chi connectivity index (χ1) is 8.50. The molecule has 0 aromatic rings. The lowest BCUT2D eigenvalue weighted by Gasteiger charge is -2.39. The smallest absolute Gasteiger partial charge is 0.150 e. The maximum Gasteiger partial charge on any atom is 0.150 e. The molecule has 1 heterocycles. The third-order valence-electron chi connectivity index (χ3n) is 4.04. The predicted molar refractivity (Wildman–Crippen MR) is 76.7 cm³/mol. The fourth-order valence-corrected chi connectivity index (χ4v) is 3.54. The summed E-state index contributed by atoms with van der Waals surface area (Å²) in [7, 11) is -0.807. The molecule has 0 saturated carbocycles. The normalized spacial score (nSPS) is 24.1. The molecule has 0 spiro atoms. The summed E-state index contributed by atoms with van der Waals surface area (Å²) < 4.78 is 23.0. The number of nitrogens with one attached hydrogen (secondary N) is 1. The Morgan fingerprint density at radius 3 is 2.72 bits per heavy atom. The minimum Gasteiger partial charge on any atom is -0.316 e. The van der Waals surface area contributed by atoms with Crippen LogP contribution in [0.25, 0.3) is 0 Å². The number of piperidine rings is 1. The van der Waals surface area contributed by atoms with Gasteiger partial charge in [0.25, 0.3) is 0 Å². The van der Waals surface area contributed by atoms with Crippen LogP contribution in [0.3, 0.4) is 0 Å². The van der Waals surface area contributed by atoms with E-state index >= 15 is 0 Å². The number of rotatable bonds is 7. The van der Waals surface area contributed by atoms with Gasteiger partial charge in [0.15, 0.2) is 0 Å². The van der Waals surface area contributed by atoms with Crippen LogP contribution in [-0.4, -0.2) is 57.0 Å². The van der Waals surface area contributed by atoms with Crippen molar-refractivity contribution in [3.05, 3.63) is 0 Å². The third kappa shape index (κ3) is 4.86. The molecule has 4 nitrogen and oxygen atoms in total. The van der Waals surface area contributed by atoms with Crippen LogP contribution in [-0.2, 0) is 9.84 Å². The summed E-state index contributed by atoms with van der Waals surface area (Å²) in [5.74, 6) is 0.601. The molecule has 0 aromatic heterocycles. The Kier molecular flexibility index (Phi) is 6.60. The minimum atomic E-state index is -2.81. The molecule has 0 radical (unpaired) electrons. The molecule has 0 aromatic carbocycles. The fourth-order valence-electron chi connectivity index (χ4n) is 2.68. The van der Waals surface area contributed by atoms with Gasteiger partial charge in [0, 0.05) is 17.8 Å². The molecule has 18 heavy (non-hydrogen) atoms. The SMILES string of the molecule is CCS(=O)(=O)CCCN1CCCCC1C(C)NC. The van der Waals surface area contributed by atoms with Gasteiger partial charge in [-0.25, -0.2) is 8.42 Å². The van der Waals surface area contributed by atoms with E-state index in [0.717, 1.165) is 19.5 Å². The predicted octanol–water partition coefficient (Wildman–Crippen LogP) is 1.27. The van der Waals surface area contributed by atoms with Gasteiger partial charge in [0.2, 0.25) is 0 Å². The number of likely N-dealkylation sites (tertiary alicyclic amines) is 1. The molecule has 2 atom stereocenters. The van der Waals surface area contributed by atoms with E-state index in [1.165, 1.54) is 19.3 Å². The minimum absolute atomic E-state index is 0.267. The monoisotopic (exact) mass is 276 g/mol. The Morgan fingerprint density at radius 2 is 2.11 bits per heavy atom. The lowest BCUT2D eigenvalue weighted by molar-refractivity contribution is 0.122. The van der Waals surface area contributed by atoms with Gasteiger partial charge in [-0.05, 0) is 46.3 Å². The van der Waals surface area contributed by atoms with E-state index in [0.29, 0.717) is 17.8 Å². The molecular formula is C13H28N2O2S. The molecule has 1 rings (SSSR count). The van der Waals surface area contributed by atoms with Crippen molar-refractivity contribution in [1.82, 2.24) is 10.2 Å². The largest absolute Gasteiger partial charge is 0.316 e. The molecule has 1 N–H and O–H groups in total. The second-order valence-corrected chi connectivity index (χ2v) is 7.74. The van der Waals surface area contributed by atoms with Crippen molar-refractivity contribution in [1.29, 1.82) is 0 Å². The van der Waals surface area contributed by atoms with Crippen LogP contribution in [0, 0.1) is 0 Å². The molecule has 0 amide bonds. The highest BCUT2D eigenvalue weighted by atomic mass is 32.2. The molecule has 1 saturated heterocycles. The van der Waals surface area contributed by atoms with Crippen LogP contribution in [0.4, 0.5) is 0 Å². The number of sulfone groups is 1. The van der Waals surface area contributed by atoms with E-state index in [4.69, 9.17) is 0 Å². The second-order valence-electron chi connectivity index (χ2n) is 5.27. The van der Waals surface area contributed by atoms with Gasteiger partial charge in [0.05, 0.1) is 5.75 Å². The van der Waals surface area contributed by atoms with E-state index in [1.54, 1.807) is 6.92 Å². The molecule has 2 unspecified atom stereocenters. The summed E-state index contributed by atoms with van der Waals surface area (Å²) in [6, 6.07) is 1.04. The summed E-state index contributed by atoms with van der Waals surface area (Å²) >= 11 is 0. The van der Waals surface area contributed by atoms with Crippen LogP contribution in [0.15, 0.2) is 0 Å². The highest BCUT2D eigenvalue weighted by Gasteiger charge is 2.26. The molecule has 0 bridgehead atoms. The lowest BCUT2D eigenvalue weighted by atomic mass is 9.96. The molecule has 1 aliphatic rings. The molecule has 0 aliphatic carbocycles. The zero-order chi connectivity index (χ0) is 13.6. The fraction of sp³-hybridized carbons (Fsp3) is 1.00. The number of likely N-dealkylation sites (N-methyl/N-ethyl adjacent to an activating group) is 1. The summed E-state index contributed by atoms with van der Waals surface area (Å²) in [6.45, 7) is 5.96. The van der Waals surface area contributed by atoms with Gasteiger partial charge < -0.3 is 5.32 Å². The van der Waals surface area contributed by atoms with Gasteiger partial charge in [-0.3, -0.25) is 4.90 Å². The van der Waals surface area contributed by atoms with Crippen molar-refractivity contribution in [3.63, 3.8) is 0 Å². The van der Waals surface area contributed by atoms with Crippen LogP contribution < -0.4 is 5.32 Å². The quantitative estimate of drug-likeness (QED) is 0.761. The van der Waals surface area contributed by atoms with Crippen molar-refractivity contribution < 1.29 is 8.42 Å². The van der Waals surface area contributed by atoms with Crippen LogP contribution in [0.5, 0.6) is 0 Å².